The quantitative estimate of drug-likeness (QED) is 0.273. The van der Waals surface area contributed by atoms with Crippen molar-refractivity contribution in [1.82, 2.24) is 14.5 Å². The number of benzene rings is 3. The normalized spacial score (nSPS) is 14.6. The number of hydrogen-bond acceptors (Lipinski definition) is 4. The molecule has 5 rings (SSSR count). The molecule has 4 aromatic rings. The molecule has 0 atom stereocenters. The number of nitrogens with one attached hydrogen (secondary N) is 3. The number of likely N-dealkylation sites (tertiary alicyclic amines) is 1. The number of imidazole rings is 1. The molecule has 1 fully saturated rings. The lowest BCUT2D eigenvalue weighted by Crippen LogP contribution is -2.41. The van der Waals surface area contributed by atoms with E-state index in [1.54, 1.807) is 0 Å². The lowest BCUT2D eigenvalue weighted by Gasteiger charge is -2.33. The third-order valence-electron chi connectivity index (χ3n) is 6.61. The Balaban J connectivity index is 1.41. The van der Waals surface area contributed by atoms with Crippen LogP contribution in [0.15, 0.2) is 60.9 Å². The van der Waals surface area contributed by atoms with Crippen LogP contribution in [0.4, 0.5) is 5.69 Å². The topological polar surface area (TPSA) is 107 Å². The average Bonchev–Trinajstić information content (AvgIpc) is 3.21. The Morgan fingerprint density at radius 1 is 1.06 bits per heavy atom. The number of nitrogens with zero attached hydrogens (tertiary/aromatic N) is 3. The maximum absolute atomic E-state index is 7.90. The summed E-state index contributed by atoms with van der Waals surface area (Å²) in [4.78, 5) is 6.75. The maximum Gasteiger partial charge on any atom is 0.123 e. The summed E-state index contributed by atoms with van der Waals surface area (Å²) in [6, 6.07) is 18.9. The van der Waals surface area contributed by atoms with Gasteiger partial charge in [0.2, 0.25) is 0 Å². The van der Waals surface area contributed by atoms with Crippen molar-refractivity contribution < 1.29 is 0 Å². The Morgan fingerprint density at radius 2 is 1.82 bits per heavy atom. The van der Waals surface area contributed by atoms with Crippen molar-refractivity contribution in [2.24, 2.45) is 5.73 Å². The van der Waals surface area contributed by atoms with E-state index in [4.69, 9.17) is 16.6 Å². The van der Waals surface area contributed by atoms with Gasteiger partial charge in [-0.1, -0.05) is 36.4 Å². The number of aromatic nitrogens is 2. The summed E-state index contributed by atoms with van der Waals surface area (Å²) in [7, 11) is 0. The van der Waals surface area contributed by atoms with E-state index in [0.29, 0.717) is 18.4 Å². The molecule has 0 amide bonds. The number of anilines is 1. The van der Waals surface area contributed by atoms with Crippen LogP contribution >= 0.6 is 0 Å². The molecule has 0 saturated carbocycles. The molecule has 2 heterocycles. The number of rotatable bonds is 5. The first-order chi connectivity index (χ1) is 16.0. The Bertz CT molecular complexity index is 1350. The van der Waals surface area contributed by atoms with E-state index in [0.717, 1.165) is 59.0 Å². The Kier molecular flexibility index (Phi) is 5.46. The predicted molar refractivity (Wildman–Crippen MR) is 135 cm³/mol. The minimum atomic E-state index is 0.0863. The van der Waals surface area contributed by atoms with Crippen molar-refractivity contribution in [2.75, 3.05) is 18.4 Å². The van der Waals surface area contributed by atoms with Gasteiger partial charge in [0.05, 0.1) is 23.2 Å². The molecule has 7 heteroatoms. The highest BCUT2D eigenvalue weighted by atomic mass is 15.2. The molecule has 1 saturated heterocycles. The maximum atomic E-state index is 7.90. The van der Waals surface area contributed by atoms with Gasteiger partial charge >= 0.3 is 0 Å². The fraction of sp³-hybridized carbons (Fsp3) is 0.269. The van der Waals surface area contributed by atoms with Crippen LogP contribution in [0.2, 0.25) is 0 Å². The number of nitrogen functional groups attached to an aromatic ring is 1. The van der Waals surface area contributed by atoms with E-state index in [1.807, 2.05) is 37.5 Å². The second-order valence-corrected chi connectivity index (χ2v) is 8.80. The Morgan fingerprint density at radius 3 is 2.55 bits per heavy atom. The van der Waals surface area contributed by atoms with E-state index < -0.39 is 0 Å². The average molecular weight is 440 g/mol. The van der Waals surface area contributed by atoms with E-state index in [9.17, 15) is 0 Å². The summed E-state index contributed by atoms with van der Waals surface area (Å²) in [5.41, 5.74) is 10.9. The van der Waals surface area contributed by atoms with Crippen LogP contribution in [0.5, 0.6) is 0 Å². The first-order valence-electron chi connectivity index (χ1n) is 11.4. The van der Waals surface area contributed by atoms with Gasteiger partial charge in [0.25, 0.3) is 0 Å². The van der Waals surface area contributed by atoms with E-state index >= 15 is 0 Å². The standard InChI is InChI=1S/C26H29N7/c1-17(27)32-12-10-19(11-13-32)31-20-7-9-24-25(14-20)33(16-30-24)15-18-6-8-23(26(28)29)22-5-3-2-4-21(18)22/h2-9,14,16,19,27,31H,10-13,15H2,1H3,(H3,28,29). The van der Waals surface area contributed by atoms with Crippen molar-refractivity contribution in [3.05, 3.63) is 72.1 Å². The molecule has 5 N–H and O–H groups in total. The lowest BCUT2D eigenvalue weighted by molar-refractivity contribution is 0.321. The zero-order chi connectivity index (χ0) is 22.9. The van der Waals surface area contributed by atoms with Crippen molar-refractivity contribution in [2.45, 2.75) is 32.4 Å². The third-order valence-corrected chi connectivity index (χ3v) is 6.61. The van der Waals surface area contributed by atoms with Crippen LogP contribution in [0.25, 0.3) is 21.8 Å². The Labute approximate surface area is 193 Å². The molecule has 0 radical (unpaired) electrons. The fourth-order valence-corrected chi connectivity index (χ4v) is 4.79. The lowest BCUT2D eigenvalue weighted by atomic mass is 9.99. The molecule has 0 bridgehead atoms. The van der Waals surface area contributed by atoms with E-state index in [2.05, 4.69) is 50.1 Å². The monoisotopic (exact) mass is 439 g/mol. The van der Waals surface area contributed by atoms with Gasteiger partial charge in [-0.3, -0.25) is 10.8 Å². The molecule has 1 aliphatic rings. The summed E-state index contributed by atoms with van der Waals surface area (Å²) in [6.45, 7) is 4.41. The van der Waals surface area contributed by atoms with Crippen molar-refractivity contribution in [1.29, 1.82) is 10.8 Å². The molecular formula is C26H29N7. The zero-order valence-corrected chi connectivity index (χ0v) is 18.8. The Hall–Kier alpha value is -3.87. The largest absolute Gasteiger partial charge is 0.384 e. The molecule has 1 aromatic heterocycles. The van der Waals surface area contributed by atoms with Crippen molar-refractivity contribution in [3.8, 4) is 0 Å². The van der Waals surface area contributed by atoms with E-state index in [-0.39, 0.29) is 5.84 Å². The van der Waals surface area contributed by atoms with Crippen molar-refractivity contribution in [3.63, 3.8) is 0 Å². The van der Waals surface area contributed by atoms with E-state index in [1.165, 1.54) is 5.56 Å². The number of amidine groups is 2. The summed E-state index contributed by atoms with van der Waals surface area (Å²) in [5, 5.41) is 21.5. The van der Waals surface area contributed by atoms with Crippen LogP contribution in [-0.2, 0) is 6.54 Å². The van der Waals surface area contributed by atoms with Gasteiger partial charge < -0.3 is 20.5 Å². The molecule has 0 unspecified atom stereocenters. The van der Waals surface area contributed by atoms with Crippen LogP contribution < -0.4 is 11.1 Å². The number of hydrogen-bond donors (Lipinski definition) is 4. The smallest absolute Gasteiger partial charge is 0.123 e. The van der Waals surface area contributed by atoms with Crippen molar-refractivity contribution >= 4 is 39.2 Å². The summed E-state index contributed by atoms with van der Waals surface area (Å²) in [6.07, 6.45) is 3.96. The molecule has 168 valence electrons. The van der Waals surface area contributed by atoms with Crippen LogP contribution in [-0.4, -0.2) is 45.3 Å². The number of fused-ring (bicyclic) bond motifs is 2. The van der Waals surface area contributed by atoms with Gasteiger partial charge in [-0.2, -0.15) is 0 Å². The molecule has 0 spiro atoms. The highest BCUT2D eigenvalue weighted by Crippen LogP contribution is 2.26. The minimum Gasteiger partial charge on any atom is -0.384 e. The van der Waals surface area contributed by atoms with Crippen LogP contribution in [0.3, 0.4) is 0 Å². The molecule has 1 aliphatic heterocycles. The van der Waals surface area contributed by atoms with Crippen LogP contribution in [0, 0.1) is 10.8 Å². The highest BCUT2D eigenvalue weighted by molar-refractivity contribution is 6.08. The second kappa shape index (κ2) is 8.58. The van der Waals surface area contributed by atoms with Gasteiger partial charge in [-0.05, 0) is 54.3 Å². The first kappa shape index (κ1) is 21.0. The summed E-state index contributed by atoms with van der Waals surface area (Å²) < 4.78 is 2.18. The zero-order valence-electron chi connectivity index (χ0n) is 18.8. The van der Waals surface area contributed by atoms with Crippen LogP contribution in [0.1, 0.15) is 30.9 Å². The predicted octanol–water partition coefficient (Wildman–Crippen LogP) is 4.40. The molecule has 0 aliphatic carbocycles. The van der Waals surface area contributed by atoms with Gasteiger partial charge in [0.1, 0.15) is 5.84 Å². The minimum absolute atomic E-state index is 0.0863. The molecule has 7 nitrogen and oxygen atoms in total. The van der Waals surface area contributed by atoms with Gasteiger partial charge in [-0.15, -0.1) is 0 Å². The number of piperidine rings is 1. The SMILES string of the molecule is CC(=N)N1CCC(Nc2ccc3ncn(Cc4ccc(C(=N)N)c5ccccc45)c3c2)CC1. The second-order valence-electron chi connectivity index (χ2n) is 8.80. The van der Waals surface area contributed by atoms with Gasteiger partial charge in [0, 0.05) is 36.9 Å². The highest BCUT2D eigenvalue weighted by Gasteiger charge is 2.19. The summed E-state index contributed by atoms with van der Waals surface area (Å²) in [5.74, 6) is 0.741. The molecule has 3 aromatic carbocycles. The third kappa shape index (κ3) is 4.14. The summed E-state index contributed by atoms with van der Waals surface area (Å²) >= 11 is 0. The molecule has 33 heavy (non-hydrogen) atoms. The molecular weight excluding hydrogens is 410 g/mol. The van der Waals surface area contributed by atoms with Gasteiger partial charge in [-0.25, -0.2) is 4.98 Å². The fourth-order valence-electron chi connectivity index (χ4n) is 4.79. The first-order valence-corrected chi connectivity index (χ1v) is 11.4. The van der Waals surface area contributed by atoms with Gasteiger partial charge in [0.15, 0.2) is 0 Å². The number of nitrogens with two attached hydrogens (primary N) is 1.